The number of aliphatic hydroxyl groups excluding tert-OH is 3. The Hall–Kier alpha value is -4.89. The lowest BCUT2D eigenvalue weighted by atomic mass is 9.55. The van der Waals surface area contributed by atoms with Crippen LogP contribution in [0.1, 0.15) is 49.7 Å². The molecule has 3 aliphatic carbocycles. The zero-order chi connectivity index (χ0) is 34.3. The van der Waals surface area contributed by atoms with Gasteiger partial charge in [0.15, 0.2) is 11.4 Å². The Morgan fingerprint density at radius 2 is 1.81 bits per heavy atom. The summed E-state index contributed by atoms with van der Waals surface area (Å²) in [4.78, 5) is 57.2. The van der Waals surface area contributed by atoms with Crippen molar-refractivity contribution in [2.45, 2.75) is 37.0 Å². The summed E-state index contributed by atoms with van der Waals surface area (Å²) >= 11 is 1.26. The number of aromatic hydroxyl groups is 1. The summed E-state index contributed by atoms with van der Waals surface area (Å²) in [5, 5.41) is 69.2. The minimum Gasteiger partial charge on any atom is -0.510 e. The molecule has 6 rings (SSSR count). The molecule has 3 aliphatic rings. The summed E-state index contributed by atoms with van der Waals surface area (Å²) in [5.41, 5.74) is 2.61. The van der Waals surface area contributed by atoms with E-state index in [1.807, 2.05) is 0 Å². The zero-order valence-corrected chi connectivity index (χ0v) is 26.1. The lowest BCUT2D eigenvalue weighted by Gasteiger charge is -2.53. The van der Waals surface area contributed by atoms with E-state index in [4.69, 9.17) is 5.73 Å². The highest BCUT2D eigenvalue weighted by atomic mass is 32.1. The quantitative estimate of drug-likeness (QED) is 0.188. The number of aliphatic hydroxyl groups is 4. The molecule has 14 heteroatoms. The number of hydrogen-bond acceptors (Lipinski definition) is 12. The van der Waals surface area contributed by atoms with E-state index in [-0.39, 0.29) is 17.5 Å². The number of phenols is 1. The van der Waals surface area contributed by atoms with Gasteiger partial charge in [-0.3, -0.25) is 19.3 Å². The molecule has 0 fully saturated rings. The molecule has 0 saturated carbocycles. The van der Waals surface area contributed by atoms with Crippen LogP contribution < -0.4 is 5.73 Å². The van der Waals surface area contributed by atoms with E-state index >= 15 is 0 Å². The Balaban J connectivity index is 1.43. The second kappa shape index (κ2) is 11.1. The van der Waals surface area contributed by atoms with Crippen LogP contribution in [0.2, 0.25) is 0 Å². The van der Waals surface area contributed by atoms with Crippen LogP contribution in [0.4, 0.5) is 0 Å². The number of Topliss-reactive ketones (excluding diaryl/α,β-unsaturated/α-hetero) is 2. The predicted octanol–water partition coefficient (Wildman–Crippen LogP) is 2.06. The first-order chi connectivity index (χ1) is 22.1. The number of phenolic OH excluding ortho intramolecular Hbond substituents is 1. The molecule has 0 unspecified atom stereocenters. The fourth-order valence-electron chi connectivity index (χ4n) is 7.31. The van der Waals surface area contributed by atoms with Gasteiger partial charge in [0.25, 0.3) is 5.91 Å². The Labute approximate surface area is 271 Å². The van der Waals surface area contributed by atoms with E-state index in [2.05, 4.69) is 4.98 Å². The average molecular weight is 662 g/mol. The maximum Gasteiger partial charge on any atom is 0.335 e. The van der Waals surface area contributed by atoms with Crippen molar-refractivity contribution in [2.75, 3.05) is 14.1 Å². The molecule has 0 radical (unpaired) electrons. The van der Waals surface area contributed by atoms with Gasteiger partial charge in [-0.1, -0.05) is 31.2 Å². The number of benzene rings is 2. The third-order valence-corrected chi connectivity index (χ3v) is 10.4. The lowest BCUT2D eigenvalue weighted by Crippen LogP contribution is -2.68. The number of ketones is 2. The van der Waals surface area contributed by atoms with Crippen LogP contribution >= 0.6 is 11.3 Å². The number of carbonyl (C=O) groups excluding carboxylic acids is 3. The van der Waals surface area contributed by atoms with E-state index in [1.54, 1.807) is 36.6 Å². The molecule has 244 valence electrons. The molecular weight excluding hydrogens is 630 g/mol. The Kier molecular flexibility index (Phi) is 7.59. The summed E-state index contributed by atoms with van der Waals surface area (Å²) in [5.74, 6) is -10.6. The lowest BCUT2D eigenvalue weighted by molar-refractivity contribution is -0.162. The molecule has 6 atom stereocenters. The van der Waals surface area contributed by atoms with Crippen molar-refractivity contribution >= 4 is 34.8 Å². The highest BCUT2D eigenvalue weighted by Crippen LogP contribution is 2.55. The molecule has 13 nitrogen and oxygen atoms in total. The SMILES string of the molecule is C[C@H]1c2ccc(Cc3nc(-c4cccc(C(=O)O)c4)cs3)c(O)c2C(=O)C2=C(O)[C@]3(O)C(=O)C(C(N)=O)=C(O)[C@@H](N(C)C)[C@@H]3[C@@H](O)[C@@H]21. The predicted molar refractivity (Wildman–Crippen MR) is 167 cm³/mol. The number of hydrogen-bond donors (Lipinski definition) is 7. The fourth-order valence-corrected chi connectivity index (χ4v) is 8.13. The normalized spacial score (nSPS) is 27.1. The van der Waals surface area contributed by atoms with Crippen LogP contribution in [0.15, 0.2) is 64.4 Å². The van der Waals surface area contributed by atoms with Crippen LogP contribution in [0.3, 0.4) is 0 Å². The minimum atomic E-state index is -2.99. The van der Waals surface area contributed by atoms with Crippen LogP contribution in [0, 0.1) is 11.8 Å². The summed E-state index contributed by atoms with van der Waals surface area (Å²) in [6, 6.07) is 8.18. The number of aromatic nitrogens is 1. The molecule has 47 heavy (non-hydrogen) atoms. The second-order valence-electron chi connectivity index (χ2n) is 12.3. The van der Waals surface area contributed by atoms with E-state index in [1.165, 1.54) is 42.5 Å². The topological polar surface area (TPSA) is 232 Å². The molecule has 2 aromatic carbocycles. The number of aromatic carboxylic acids is 1. The first-order valence-corrected chi connectivity index (χ1v) is 15.4. The van der Waals surface area contributed by atoms with Gasteiger partial charge in [0.2, 0.25) is 5.78 Å². The van der Waals surface area contributed by atoms with Gasteiger partial charge in [0.1, 0.15) is 22.8 Å². The van der Waals surface area contributed by atoms with Gasteiger partial charge in [0.05, 0.1) is 39.9 Å². The monoisotopic (exact) mass is 661 g/mol. The number of carboxylic acids is 1. The van der Waals surface area contributed by atoms with Gasteiger partial charge in [-0.15, -0.1) is 11.3 Å². The molecule has 1 heterocycles. The molecular formula is C33H31N3O10S. The van der Waals surface area contributed by atoms with E-state index < -0.39 is 87.4 Å². The van der Waals surface area contributed by atoms with Gasteiger partial charge in [-0.2, -0.15) is 0 Å². The van der Waals surface area contributed by atoms with Crippen LogP contribution in [0.5, 0.6) is 5.75 Å². The van der Waals surface area contributed by atoms with Crippen molar-refractivity contribution in [1.82, 2.24) is 9.88 Å². The van der Waals surface area contributed by atoms with Gasteiger partial charge < -0.3 is 36.4 Å². The van der Waals surface area contributed by atoms with Crippen molar-refractivity contribution in [3.05, 3.63) is 91.7 Å². The molecule has 8 N–H and O–H groups in total. The number of amides is 1. The first kappa shape index (κ1) is 32.1. The summed E-state index contributed by atoms with van der Waals surface area (Å²) in [6.07, 6.45) is -1.59. The molecule has 0 bridgehead atoms. The fraction of sp³-hybridized carbons (Fsp3) is 0.303. The van der Waals surface area contributed by atoms with Gasteiger partial charge >= 0.3 is 5.97 Å². The third-order valence-electron chi connectivity index (χ3n) is 9.51. The van der Waals surface area contributed by atoms with Crippen LogP contribution in [-0.2, 0) is 16.0 Å². The van der Waals surface area contributed by atoms with Gasteiger partial charge in [-0.25, -0.2) is 9.78 Å². The van der Waals surface area contributed by atoms with E-state index in [9.17, 15) is 49.8 Å². The van der Waals surface area contributed by atoms with Crippen LogP contribution in [-0.4, -0.2) is 95.8 Å². The molecule has 0 saturated heterocycles. The Bertz CT molecular complexity index is 1960. The number of fused-ring (bicyclic) bond motifs is 3. The summed E-state index contributed by atoms with van der Waals surface area (Å²) < 4.78 is 0. The number of nitrogens with two attached hydrogens (primary N) is 1. The highest BCUT2D eigenvalue weighted by Gasteiger charge is 2.67. The molecule has 0 aliphatic heterocycles. The number of carboxylic acid groups (broad SMARTS) is 1. The number of rotatable bonds is 6. The second-order valence-corrected chi connectivity index (χ2v) is 13.2. The number of carbonyl (C=O) groups is 4. The highest BCUT2D eigenvalue weighted by molar-refractivity contribution is 7.10. The molecule has 1 amide bonds. The minimum absolute atomic E-state index is 0.0855. The largest absolute Gasteiger partial charge is 0.510 e. The standard InChI is InChI=1S/C33H31N3O10S/c1-12-16-8-7-14(10-18-35-17(11-47-18)13-5-4-6-15(9-13)32(44)45)25(37)20(16)26(38)21-19(12)27(39)23-24(36(2)3)28(40)22(31(34)43)30(42)33(23,46)29(21)41/h4-9,11-12,19,23-24,27,37,39-41,46H,10H2,1-3H3,(H2,34,43)(H,44,45)/t12-,19+,23+,24-,27-,33-/m0/s1. The van der Waals surface area contributed by atoms with Crippen molar-refractivity contribution in [1.29, 1.82) is 0 Å². The van der Waals surface area contributed by atoms with Gasteiger partial charge in [0, 0.05) is 34.4 Å². The summed E-state index contributed by atoms with van der Waals surface area (Å²) in [7, 11) is 2.95. The number of primary amides is 1. The number of thiazole rings is 1. The maximum absolute atomic E-state index is 14.1. The Morgan fingerprint density at radius 3 is 2.45 bits per heavy atom. The van der Waals surface area contributed by atoms with Crippen molar-refractivity contribution in [3.63, 3.8) is 0 Å². The van der Waals surface area contributed by atoms with E-state index in [0.29, 0.717) is 27.4 Å². The molecule has 1 aromatic heterocycles. The van der Waals surface area contributed by atoms with Crippen molar-refractivity contribution < 1.29 is 49.8 Å². The maximum atomic E-state index is 14.1. The first-order valence-electron chi connectivity index (χ1n) is 14.6. The Morgan fingerprint density at radius 1 is 1.11 bits per heavy atom. The van der Waals surface area contributed by atoms with Gasteiger partial charge in [-0.05, 0) is 37.7 Å². The van der Waals surface area contributed by atoms with Crippen molar-refractivity contribution in [2.24, 2.45) is 17.6 Å². The third kappa shape index (κ3) is 4.58. The average Bonchev–Trinajstić information content (AvgIpc) is 3.48. The number of likely N-dealkylation sites (N-methyl/N-ethyl adjacent to an activating group) is 1. The van der Waals surface area contributed by atoms with E-state index in [0.717, 1.165) is 0 Å². The zero-order valence-electron chi connectivity index (χ0n) is 25.3. The van der Waals surface area contributed by atoms with Crippen molar-refractivity contribution in [3.8, 4) is 17.0 Å². The molecule has 0 spiro atoms. The van der Waals surface area contributed by atoms with Crippen LogP contribution in [0.25, 0.3) is 11.3 Å². The smallest absolute Gasteiger partial charge is 0.335 e. The molecule has 3 aromatic rings. The number of nitrogens with zero attached hydrogens (tertiary/aromatic N) is 2. The summed E-state index contributed by atoms with van der Waals surface area (Å²) in [6.45, 7) is 1.66.